The van der Waals surface area contributed by atoms with Crippen LogP contribution < -0.4 is 11.1 Å². The number of rotatable bonds is 4. The highest BCUT2D eigenvalue weighted by Crippen LogP contribution is 2.35. The van der Waals surface area contributed by atoms with Gasteiger partial charge in [0.2, 0.25) is 5.91 Å². The van der Waals surface area contributed by atoms with Crippen LogP contribution in [-0.4, -0.2) is 22.4 Å². The van der Waals surface area contributed by atoms with Crippen LogP contribution in [0.15, 0.2) is 18.2 Å². The largest absolute Gasteiger partial charge is 0.342 e. The van der Waals surface area contributed by atoms with E-state index in [1.54, 1.807) is 0 Å². The number of hydrogen-bond donors (Lipinski definition) is 3. The molecule has 1 atom stereocenters. The third kappa shape index (κ3) is 2.41. The second-order valence-electron chi connectivity index (χ2n) is 5.61. The molecule has 3 rings (SSSR count). The number of aromatic amines is 1. The molecule has 5 heteroatoms. The van der Waals surface area contributed by atoms with Crippen molar-refractivity contribution < 1.29 is 4.79 Å². The monoisotopic (exact) mass is 272 g/mol. The van der Waals surface area contributed by atoms with Crippen molar-refractivity contribution in [3.05, 3.63) is 24.0 Å². The normalized spacial score (nSPS) is 16.9. The van der Waals surface area contributed by atoms with Crippen molar-refractivity contribution in [2.24, 2.45) is 11.7 Å². The van der Waals surface area contributed by atoms with E-state index < -0.39 is 0 Å². The number of carbonyl (C=O) groups excluding carboxylic acids is 1. The number of fused-ring (bicyclic) bond motifs is 1. The maximum absolute atomic E-state index is 11.8. The highest BCUT2D eigenvalue weighted by molar-refractivity contribution is 5.94. The highest BCUT2D eigenvalue weighted by atomic mass is 16.1. The second-order valence-corrected chi connectivity index (χ2v) is 5.61. The predicted octanol–water partition coefficient (Wildman–Crippen LogP) is 2.36. The number of imidazole rings is 1. The van der Waals surface area contributed by atoms with E-state index in [1.165, 1.54) is 19.3 Å². The Morgan fingerprint density at radius 1 is 1.55 bits per heavy atom. The molecule has 0 bridgehead atoms. The minimum atomic E-state index is -0.182. The Kier molecular flexibility index (Phi) is 3.44. The molecule has 5 nitrogen and oxygen atoms in total. The lowest BCUT2D eigenvalue weighted by Gasteiger charge is -2.22. The van der Waals surface area contributed by atoms with Gasteiger partial charge < -0.3 is 16.0 Å². The Labute approximate surface area is 118 Å². The number of nitrogens with zero attached hydrogens (tertiary/aromatic N) is 1. The number of hydrogen-bond acceptors (Lipinski definition) is 3. The zero-order valence-corrected chi connectivity index (χ0v) is 11.6. The molecular formula is C15H20N4O. The van der Waals surface area contributed by atoms with Crippen LogP contribution in [-0.2, 0) is 4.79 Å². The van der Waals surface area contributed by atoms with Crippen LogP contribution in [0.2, 0.25) is 0 Å². The summed E-state index contributed by atoms with van der Waals surface area (Å²) in [5.41, 5.74) is 8.21. The van der Waals surface area contributed by atoms with Gasteiger partial charge in [0.25, 0.3) is 0 Å². The minimum absolute atomic E-state index is 0.0504. The van der Waals surface area contributed by atoms with Gasteiger partial charge in [0.05, 0.1) is 11.0 Å². The Morgan fingerprint density at radius 2 is 2.35 bits per heavy atom. The molecule has 0 radical (unpaired) electrons. The number of carbonyl (C=O) groups is 1. The van der Waals surface area contributed by atoms with Crippen LogP contribution in [0, 0.1) is 5.92 Å². The number of H-pyrrole nitrogens is 1. The molecule has 4 N–H and O–H groups in total. The van der Waals surface area contributed by atoms with Crippen molar-refractivity contribution in [3.8, 4) is 0 Å². The Bertz CT molecular complexity index is 630. The maximum Gasteiger partial charge on any atom is 0.228 e. The molecule has 1 aromatic heterocycles. The molecule has 1 aliphatic carbocycles. The van der Waals surface area contributed by atoms with E-state index >= 15 is 0 Å². The lowest BCUT2D eigenvalue weighted by Crippen LogP contribution is -2.26. The van der Waals surface area contributed by atoms with Gasteiger partial charge in [-0.2, -0.15) is 0 Å². The van der Waals surface area contributed by atoms with E-state index in [-0.39, 0.29) is 11.8 Å². The molecular weight excluding hydrogens is 252 g/mol. The fourth-order valence-electron chi connectivity index (χ4n) is 2.35. The van der Waals surface area contributed by atoms with Gasteiger partial charge in [0.15, 0.2) is 0 Å². The van der Waals surface area contributed by atoms with Gasteiger partial charge in [0, 0.05) is 24.1 Å². The molecule has 2 aromatic rings. The standard InChI is InChI=1S/C15H20N4O/c1-9(8-16)15(20)17-11-5-6-12-13(7-11)19-14(18-12)10-3-2-4-10/h5-7,9-10H,2-4,8,16H2,1H3,(H,17,20)(H,18,19). The first-order valence-electron chi connectivity index (χ1n) is 7.18. The van der Waals surface area contributed by atoms with E-state index in [0.717, 1.165) is 22.5 Å². The molecule has 20 heavy (non-hydrogen) atoms. The first-order valence-corrected chi connectivity index (χ1v) is 7.18. The van der Waals surface area contributed by atoms with Crippen molar-refractivity contribution in [2.75, 3.05) is 11.9 Å². The first kappa shape index (κ1) is 13.1. The number of nitrogens with two attached hydrogens (primary N) is 1. The Hall–Kier alpha value is -1.88. The van der Waals surface area contributed by atoms with Gasteiger partial charge in [0.1, 0.15) is 5.82 Å². The van der Waals surface area contributed by atoms with Crippen molar-refractivity contribution in [2.45, 2.75) is 32.1 Å². The summed E-state index contributed by atoms with van der Waals surface area (Å²) in [6.45, 7) is 2.17. The van der Waals surface area contributed by atoms with Gasteiger partial charge in [-0.05, 0) is 31.0 Å². The third-order valence-corrected chi connectivity index (χ3v) is 4.06. The van der Waals surface area contributed by atoms with Gasteiger partial charge in [-0.15, -0.1) is 0 Å². The summed E-state index contributed by atoms with van der Waals surface area (Å²) in [5, 5.41) is 2.88. The molecule has 1 unspecified atom stereocenters. The fourth-order valence-corrected chi connectivity index (χ4v) is 2.35. The summed E-state index contributed by atoms with van der Waals surface area (Å²) in [6, 6.07) is 5.76. The average molecular weight is 272 g/mol. The smallest absolute Gasteiger partial charge is 0.228 e. The number of nitrogens with one attached hydrogen (secondary N) is 2. The summed E-state index contributed by atoms with van der Waals surface area (Å²) in [6.07, 6.45) is 3.73. The van der Waals surface area contributed by atoms with Crippen molar-refractivity contribution >= 4 is 22.6 Å². The van der Waals surface area contributed by atoms with Crippen LogP contribution in [0.3, 0.4) is 0 Å². The highest BCUT2D eigenvalue weighted by Gasteiger charge is 2.22. The topological polar surface area (TPSA) is 83.8 Å². The number of benzene rings is 1. The SMILES string of the molecule is CC(CN)C(=O)Nc1ccc2nc(C3CCC3)[nH]c2c1. The van der Waals surface area contributed by atoms with Crippen LogP contribution >= 0.6 is 0 Å². The summed E-state index contributed by atoms with van der Waals surface area (Å²) in [4.78, 5) is 19.8. The van der Waals surface area contributed by atoms with Gasteiger partial charge in [-0.1, -0.05) is 13.3 Å². The van der Waals surface area contributed by atoms with Crippen LogP contribution in [0.1, 0.15) is 37.9 Å². The van der Waals surface area contributed by atoms with E-state index in [1.807, 2.05) is 25.1 Å². The van der Waals surface area contributed by atoms with E-state index in [9.17, 15) is 4.79 Å². The molecule has 0 aliphatic heterocycles. The maximum atomic E-state index is 11.8. The molecule has 1 fully saturated rings. The summed E-state index contributed by atoms with van der Waals surface area (Å²) < 4.78 is 0. The van der Waals surface area contributed by atoms with E-state index in [4.69, 9.17) is 5.73 Å². The predicted molar refractivity (Wildman–Crippen MR) is 79.5 cm³/mol. The number of amides is 1. The second kappa shape index (κ2) is 5.25. The average Bonchev–Trinajstić information content (AvgIpc) is 2.77. The molecule has 1 aromatic carbocycles. The molecule has 106 valence electrons. The first-order chi connectivity index (χ1) is 9.67. The van der Waals surface area contributed by atoms with Crippen LogP contribution in [0.25, 0.3) is 11.0 Å². The quantitative estimate of drug-likeness (QED) is 0.799. The summed E-state index contributed by atoms with van der Waals surface area (Å²) in [7, 11) is 0. The lowest BCUT2D eigenvalue weighted by atomic mass is 9.85. The molecule has 1 heterocycles. The molecule has 1 amide bonds. The fraction of sp³-hybridized carbons (Fsp3) is 0.467. The third-order valence-electron chi connectivity index (χ3n) is 4.06. The van der Waals surface area contributed by atoms with Gasteiger partial charge in [-0.3, -0.25) is 4.79 Å². The molecule has 0 spiro atoms. The van der Waals surface area contributed by atoms with Crippen molar-refractivity contribution in [1.82, 2.24) is 9.97 Å². The van der Waals surface area contributed by atoms with Gasteiger partial charge in [-0.25, -0.2) is 4.98 Å². The van der Waals surface area contributed by atoms with Crippen LogP contribution in [0.5, 0.6) is 0 Å². The summed E-state index contributed by atoms with van der Waals surface area (Å²) >= 11 is 0. The molecule has 1 aliphatic rings. The number of aromatic nitrogens is 2. The van der Waals surface area contributed by atoms with E-state index in [2.05, 4.69) is 15.3 Å². The zero-order valence-electron chi connectivity index (χ0n) is 11.6. The number of anilines is 1. The van der Waals surface area contributed by atoms with E-state index in [0.29, 0.717) is 12.5 Å². The Morgan fingerprint density at radius 3 is 3.00 bits per heavy atom. The van der Waals surface area contributed by atoms with Crippen molar-refractivity contribution in [1.29, 1.82) is 0 Å². The minimum Gasteiger partial charge on any atom is -0.342 e. The van der Waals surface area contributed by atoms with Gasteiger partial charge >= 0.3 is 0 Å². The summed E-state index contributed by atoms with van der Waals surface area (Å²) in [5.74, 6) is 1.42. The molecule has 1 saturated carbocycles. The molecule has 0 saturated heterocycles. The van der Waals surface area contributed by atoms with Crippen molar-refractivity contribution in [3.63, 3.8) is 0 Å². The lowest BCUT2D eigenvalue weighted by molar-refractivity contribution is -0.119. The Balaban J connectivity index is 1.81. The zero-order chi connectivity index (χ0) is 14.1. The van der Waals surface area contributed by atoms with Crippen LogP contribution in [0.4, 0.5) is 5.69 Å².